The van der Waals surface area contributed by atoms with Gasteiger partial charge in [-0.1, -0.05) is 17.7 Å². The number of nitrogens with one attached hydrogen (secondary N) is 1. The monoisotopic (exact) mass is 570 g/mol. The Labute approximate surface area is 246 Å². The molecule has 9 heteroatoms. The Morgan fingerprint density at radius 3 is 2.37 bits per heavy atom. The van der Waals surface area contributed by atoms with Crippen molar-refractivity contribution in [1.82, 2.24) is 14.8 Å². The summed E-state index contributed by atoms with van der Waals surface area (Å²) in [5.74, 6) is 1.01. The van der Waals surface area contributed by atoms with Gasteiger partial charge in [-0.2, -0.15) is 5.26 Å². The standard InChI is InChI=1S/C32H35ClN6O2/c1-21-5-10-28(15-29(21)33)39(32(41)36-27-8-6-24(16-34)7-9-27)14-4-13-37-17-25-19-38(20-26(25)18-37)31(40)30-22(2)11-12-35-23(30)3/h5-12,15,25-26H,4,13-14,17-20H2,1-3H3,(H,36,41). The number of hydrogen-bond donors (Lipinski definition) is 1. The predicted octanol–water partition coefficient (Wildman–Crippen LogP) is 5.66. The molecule has 2 unspecified atom stereocenters. The average Bonchev–Trinajstić information content (AvgIpc) is 3.52. The van der Waals surface area contributed by atoms with Gasteiger partial charge < -0.3 is 15.1 Å². The van der Waals surface area contributed by atoms with E-state index in [1.165, 1.54) is 0 Å². The highest BCUT2D eigenvalue weighted by molar-refractivity contribution is 6.31. The molecule has 2 aliphatic rings. The molecule has 3 heterocycles. The van der Waals surface area contributed by atoms with Gasteiger partial charge in [0.1, 0.15) is 0 Å². The summed E-state index contributed by atoms with van der Waals surface area (Å²) in [6, 6.07) is 16.2. The second kappa shape index (κ2) is 12.3. The topological polar surface area (TPSA) is 92.6 Å². The molecule has 2 saturated heterocycles. The van der Waals surface area contributed by atoms with E-state index in [2.05, 4.69) is 21.3 Å². The molecule has 1 aromatic heterocycles. The van der Waals surface area contributed by atoms with Crippen molar-refractivity contribution in [2.75, 3.05) is 49.5 Å². The van der Waals surface area contributed by atoms with Crippen LogP contribution in [0.3, 0.4) is 0 Å². The van der Waals surface area contributed by atoms with E-state index in [4.69, 9.17) is 16.9 Å². The minimum absolute atomic E-state index is 0.0923. The van der Waals surface area contributed by atoms with E-state index in [1.807, 2.05) is 49.9 Å². The molecule has 0 spiro atoms. The molecule has 3 amide bonds. The molecule has 0 saturated carbocycles. The molecular weight excluding hydrogens is 536 g/mol. The molecule has 2 aliphatic heterocycles. The van der Waals surface area contributed by atoms with Gasteiger partial charge in [0.05, 0.1) is 22.9 Å². The first kappa shape index (κ1) is 28.6. The minimum Gasteiger partial charge on any atom is -0.338 e. The van der Waals surface area contributed by atoms with E-state index in [-0.39, 0.29) is 11.9 Å². The Balaban J connectivity index is 1.18. The molecular formula is C32H35ClN6O2. The van der Waals surface area contributed by atoms with Crippen LogP contribution in [0.1, 0.15) is 39.2 Å². The third-order valence-corrected chi connectivity index (χ3v) is 8.65. The van der Waals surface area contributed by atoms with Crippen LogP contribution >= 0.6 is 11.6 Å². The van der Waals surface area contributed by atoms with Crippen molar-refractivity contribution in [1.29, 1.82) is 5.26 Å². The van der Waals surface area contributed by atoms with Gasteiger partial charge in [0, 0.05) is 55.3 Å². The number of likely N-dealkylation sites (tertiary alicyclic amines) is 2. The normalized spacial score (nSPS) is 18.2. The van der Waals surface area contributed by atoms with Crippen molar-refractivity contribution in [3.8, 4) is 6.07 Å². The minimum atomic E-state index is -0.247. The summed E-state index contributed by atoms with van der Waals surface area (Å²) in [7, 11) is 0. The summed E-state index contributed by atoms with van der Waals surface area (Å²) in [5.41, 5.74) is 5.35. The summed E-state index contributed by atoms with van der Waals surface area (Å²) in [6.45, 7) is 10.6. The summed E-state index contributed by atoms with van der Waals surface area (Å²) in [6.07, 6.45) is 2.55. The fourth-order valence-corrected chi connectivity index (χ4v) is 6.16. The van der Waals surface area contributed by atoms with Gasteiger partial charge in [-0.05, 0) is 99.2 Å². The number of fused-ring (bicyclic) bond motifs is 1. The van der Waals surface area contributed by atoms with Crippen LogP contribution < -0.4 is 10.2 Å². The largest absolute Gasteiger partial charge is 0.338 e. The van der Waals surface area contributed by atoms with Crippen molar-refractivity contribution in [2.24, 2.45) is 11.8 Å². The highest BCUT2D eigenvalue weighted by Gasteiger charge is 2.42. The van der Waals surface area contributed by atoms with Gasteiger partial charge >= 0.3 is 6.03 Å². The van der Waals surface area contributed by atoms with E-state index in [1.54, 1.807) is 35.4 Å². The van der Waals surface area contributed by atoms with E-state index in [0.29, 0.717) is 34.7 Å². The Bertz CT molecular complexity index is 1450. The van der Waals surface area contributed by atoms with Crippen molar-refractivity contribution in [3.05, 3.63) is 87.7 Å². The summed E-state index contributed by atoms with van der Waals surface area (Å²) in [5, 5.41) is 12.6. The van der Waals surface area contributed by atoms with Crippen LogP contribution in [0.25, 0.3) is 0 Å². The lowest BCUT2D eigenvalue weighted by atomic mass is 10.0. The average molecular weight is 571 g/mol. The molecule has 3 aromatic rings. The van der Waals surface area contributed by atoms with E-state index >= 15 is 0 Å². The summed E-state index contributed by atoms with van der Waals surface area (Å²) >= 11 is 6.41. The Morgan fingerprint density at radius 1 is 1.02 bits per heavy atom. The number of nitriles is 1. The van der Waals surface area contributed by atoms with Gasteiger partial charge in [0.25, 0.3) is 5.91 Å². The second-order valence-corrected chi connectivity index (χ2v) is 11.5. The van der Waals surface area contributed by atoms with Crippen molar-refractivity contribution >= 4 is 34.9 Å². The lowest BCUT2D eigenvalue weighted by molar-refractivity contribution is 0.0772. The molecule has 1 N–H and O–H groups in total. The van der Waals surface area contributed by atoms with Crippen LogP contribution in [0, 0.1) is 43.9 Å². The molecule has 2 atom stereocenters. The molecule has 2 fully saturated rings. The molecule has 41 heavy (non-hydrogen) atoms. The van der Waals surface area contributed by atoms with Crippen LogP contribution in [0.2, 0.25) is 5.02 Å². The molecule has 8 nitrogen and oxygen atoms in total. The number of hydrogen-bond acceptors (Lipinski definition) is 5. The van der Waals surface area contributed by atoms with E-state index in [0.717, 1.165) is 67.2 Å². The van der Waals surface area contributed by atoms with Gasteiger partial charge in [0.2, 0.25) is 0 Å². The van der Waals surface area contributed by atoms with Gasteiger partial charge in [-0.3, -0.25) is 14.7 Å². The number of aryl methyl sites for hydroxylation is 3. The number of carbonyl (C=O) groups is 2. The van der Waals surface area contributed by atoms with Crippen LogP contribution in [0.5, 0.6) is 0 Å². The lowest BCUT2D eigenvalue weighted by Gasteiger charge is -2.26. The van der Waals surface area contributed by atoms with E-state index in [9.17, 15) is 9.59 Å². The van der Waals surface area contributed by atoms with Crippen LogP contribution in [0.4, 0.5) is 16.2 Å². The Kier molecular flexibility index (Phi) is 8.57. The smallest absolute Gasteiger partial charge is 0.326 e. The fourth-order valence-electron chi connectivity index (χ4n) is 5.98. The molecule has 0 bridgehead atoms. The van der Waals surface area contributed by atoms with Gasteiger partial charge in [-0.15, -0.1) is 0 Å². The van der Waals surface area contributed by atoms with Crippen molar-refractivity contribution in [2.45, 2.75) is 27.2 Å². The highest BCUT2D eigenvalue weighted by Crippen LogP contribution is 2.33. The number of urea groups is 1. The number of anilines is 2. The quantitative estimate of drug-likeness (QED) is 0.395. The first-order valence-electron chi connectivity index (χ1n) is 14.0. The first-order valence-corrected chi connectivity index (χ1v) is 14.4. The number of nitrogens with zero attached hydrogens (tertiary/aromatic N) is 5. The van der Waals surface area contributed by atoms with Gasteiger partial charge in [-0.25, -0.2) is 4.79 Å². The fraction of sp³-hybridized carbons (Fsp3) is 0.375. The SMILES string of the molecule is Cc1ccc(N(CCCN2CC3CN(C(=O)c4c(C)ccnc4C)CC3C2)C(=O)Nc2ccc(C#N)cc2)cc1Cl. The second-order valence-electron chi connectivity index (χ2n) is 11.1. The van der Waals surface area contributed by atoms with Gasteiger partial charge in [0.15, 0.2) is 0 Å². The van der Waals surface area contributed by atoms with E-state index < -0.39 is 0 Å². The van der Waals surface area contributed by atoms with Crippen molar-refractivity contribution < 1.29 is 9.59 Å². The molecule has 5 rings (SSSR count). The number of benzene rings is 2. The molecule has 0 aliphatic carbocycles. The van der Waals surface area contributed by atoms with Crippen LogP contribution in [0.15, 0.2) is 54.7 Å². The van der Waals surface area contributed by atoms with Crippen LogP contribution in [-0.4, -0.2) is 66.0 Å². The van der Waals surface area contributed by atoms with Crippen LogP contribution in [-0.2, 0) is 0 Å². The lowest BCUT2D eigenvalue weighted by Crippen LogP contribution is -2.38. The number of carbonyl (C=O) groups excluding carboxylic acids is 2. The number of amides is 3. The maximum absolute atomic E-state index is 13.4. The highest BCUT2D eigenvalue weighted by atomic mass is 35.5. The van der Waals surface area contributed by atoms with Crippen molar-refractivity contribution in [3.63, 3.8) is 0 Å². The number of aromatic nitrogens is 1. The predicted molar refractivity (Wildman–Crippen MR) is 161 cm³/mol. The third-order valence-electron chi connectivity index (χ3n) is 8.25. The summed E-state index contributed by atoms with van der Waals surface area (Å²) < 4.78 is 0. The first-order chi connectivity index (χ1) is 19.7. The number of rotatable bonds is 7. The third kappa shape index (κ3) is 6.37. The Morgan fingerprint density at radius 2 is 1.73 bits per heavy atom. The Hall–Kier alpha value is -3.93. The maximum atomic E-state index is 13.4. The molecule has 2 aromatic carbocycles. The number of pyridine rings is 1. The zero-order chi connectivity index (χ0) is 29.1. The maximum Gasteiger partial charge on any atom is 0.326 e. The molecule has 0 radical (unpaired) electrons. The number of halogens is 1. The zero-order valence-corrected chi connectivity index (χ0v) is 24.5. The summed E-state index contributed by atoms with van der Waals surface area (Å²) in [4.78, 5) is 37.1. The zero-order valence-electron chi connectivity index (χ0n) is 23.7. The molecule has 212 valence electrons.